The molecule has 0 aliphatic carbocycles. The molecule has 0 aliphatic heterocycles. The molecule has 0 radical (unpaired) electrons. The number of hydrogen-bond donors (Lipinski definition) is 1. The van der Waals surface area contributed by atoms with Crippen LogP contribution in [0.5, 0.6) is 11.5 Å². The molecule has 0 amide bonds. The number of aromatic nitrogens is 2. The maximum Gasteiger partial charge on any atom is 0.136 e. The first-order valence-corrected chi connectivity index (χ1v) is 7.93. The third-order valence-corrected chi connectivity index (χ3v) is 3.87. The van der Waals surface area contributed by atoms with Crippen molar-refractivity contribution in [1.29, 1.82) is 0 Å². The smallest absolute Gasteiger partial charge is 0.136 e. The molecule has 122 valence electrons. The van der Waals surface area contributed by atoms with Crippen LogP contribution in [0.25, 0.3) is 22.5 Å². The predicted molar refractivity (Wildman–Crippen MR) is 95.9 cm³/mol. The van der Waals surface area contributed by atoms with Crippen LogP contribution in [0.3, 0.4) is 0 Å². The van der Waals surface area contributed by atoms with Crippen molar-refractivity contribution in [3.63, 3.8) is 0 Å². The van der Waals surface area contributed by atoms with Crippen molar-refractivity contribution in [3.8, 4) is 34.0 Å². The van der Waals surface area contributed by atoms with Crippen LogP contribution >= 0.6 is 0 Å². The van der Waals surface area contributed by atoms with Gasteiger partial charge in [-0.25, -0.2) is 4.39 Å². The Morgan fingerprint density at radius 2 is 1.52 bits per heavy atom. The van der Waals surface area contributed by atoms with Gasteiger partial charge in [0.05, 0.1) is 11.4 Å². The van der Waals surface area contributed by atoms with Crippen LogP contribution in [0.15, 0.2) is 84.9 Å². The first-order chi connectivity index (χ1) is 12.3. The number of benzene rings is 3. The second-order valence-electron chi connectivity index (χ2n) is 5.59. The molecule has 4 aromatic rings. The summed E-state index contributed by atoms with van der Waals surface area (Å²) in [6.45, 7) is 0. The molecule has 0 aliphatic rings. The lowest BCUT2D eigenvalue weighted by Crippen LogP contribution is -1.88. The number of H-pyrrole nitrogens is 1. The summed E-state index contributed by atoms with van der Waals surface area (Å²) in [5.41, 5.74) is 3.35. The molecule has 0 spiro atoms. The Morgan fingerprint density at radius 3 is 2.32 bits per heavy atom. The van der Waals surface area contributed by atoms with Crippen LogP contribution in [0.2, 0.25) is 0 Å². The molecular weight excluding hydrogens is 315 g/mol. The molecule has 0 fully saturated rings. The highest BCUT2D eigenvalue weighted by Crippen LogP contribution is 2.33. The number of hydrogen-bond acceptors (Lipinski definition) is 2. The van der Waals surface area contributed by atoms with E-state index < -0.39 is 0 Å². The van der Waals surface area contributed by atoms with Gasteiger partial charge in [0.2, 0.25) is 0 Å². The molecule has 3 nitrogen and oxygen atoms in total. The van der Waals surface area contributed by atoms with E-state index in [1.54, 1.807) is 12.1 Å². The number of nitrogens with one attached hydrogen (secondary N) is 1. The van der Waals surface area contributed by atoms with Gasteiger partial charge < -0.3 is 4.74 Å². The summed E-state index contributed by atoms with van der Waals surface area (Å²) in [5, 5.41) is 7.38. The summed E-state index contributed by atoms with van der Waals surface area (Å²) in [4.78, 5) is 0. The van der Waals surface area contributed by atoms with Crippen molar-refractivity contribution in [3.05, 3.63) is 90.7 Å². The van der Waals surface area contributed by atoms with Crippen LogP contribution in [0.4, 0.5) is 4.39 Å². The number of halogens is 1. The van der Waals surface area contributed by atoms with Crippen molar-refractivity contribution in [2.45, 2.75) is 0 Å². The molecule has 0 saturated heterocycles. The summed E-state index contributed by atoms with van der Waals surface area (Å²) in [6, 6.07) is 25.6. The molecule has 0 atom stereocenters. The summed E-state index contributed by atoms with van der Waals surface area (Å²) in [7, 11) is 0. The topological polar surface area (TPSA) is 37.9 Å². The van der Waals surface area contributed by atoms with E-state index in [2.05, 4.69) is 10.2 Å². The summed E-state index contributed by atoms with van der Waals surface area (Å²) < 4.78 is 19.1. The quantitative estimate of drug-likeness (QED) is 0.523. The SMILES string of the molecule is Fc1ccc(-c2cc(-c3ccccc3Oc3ccccc3)[nH]n2)cc1. The van der Waals surface area contributed by atoms with Gasteiger partial charge in [-0.15, -0.1) is 0 Å². The average molecular weight is 330 g/mol. The normalized spacial score (nSPS) is 10.6. The number of nitrogens with zero attached hydrogens (tertiary/aromatic N) is 1. The zero-order valence-corrected chi connectivity index (χ0v) is 13.3. The number of para-hydroxylation sites is 2. The van der Waals surface area contributed by atoms with E-state index in [-0.39, 0.29) is 5.82 Å². The zero-order chi connectivity index (χ0) is 17.1. The Kier molecular flexibility index (Phi) is 4.01. The number of rotatable bonds is 4. The minimum absolute atomic E-state index is 0.263. The Hall–Kier alpha value is -3.40. The lowest BCUT2D eigenvalue weighted by atomic mass is 10.1. The lowest BCUT2D eigenvalue weighted by Gasteiger charge is -2.09. The molecule has 4 rings (SSSR count). The molecule has 0 saturated carbocycles. The summed E-state index contributed by atoms with van der Waals surface area (Å²) >= 11 is 0. The highest BCUT2D eigenvalue weighted by atomic mass is 19.1. The molecule has 0 bridgehead atoms. The van der Waals surface area contributed by atoms with Gasteiger partial charge in [0.25, 0.3) is 0 Å². The van der Waals surface area contributed by atoms with Crippen molar-refractivity contribution >= 4 is 0 Å². The van der Waals surface area contributed by atoms with Crippen LogP contribution in [-0.2, 0) is 0 Å². The highest BCUT2D eigenvalue weighted by molar-refractivity contribution is 5.72. The third kappa shape index (κ3) is 3.28. The molecule has 1 heterocycles. The van der Waals surface area contributed by atoms with E-state index in [0.29, 0.717) is 0 Å². The Bertz CT molecular complexity index is 978. The van der Waals surface area contributed by atoms with Gasteiger partial charge in [-0.3, -0.25) is 5.10 Å². The van der Waals surface area contributed by atoms with Gasteiger partial charge in [0, 0.05) is 11.1 Å². The second-order valence-corrected chi connectivity index (χ2v) is 5.59. The third-order valence-electron chi connectivity index (χ3n) is 3.87. The fourth-order valence-electron chi connectivity index (χ4n) is 2.62. The standard InChI is InChI=1S/C21H15FN2O/c22-16-12-10-15(11-13-16)19-14-20(24-23-19)18-8-4-5-9-21(18)25-17-6-2-1-3-7-17/h1-14H,(H,23,24). The van der Waals surface area contributed by atoms with Gasteiger partial charge in [-0.1, -0.05) is 30.3 Å². The molecule has 3 aromatic carbocycles. The van der Waals surface area contributed by atoms with Gasteiger partial charge in [0.1, 0.15) is 17.3 Å². The molecule has 25 heavy (non-hydrogen) atoms. The van der Waals surface area contributed by atoms with E-state index in [1.165, 1.54) is 12.1 Å². The maximum atomic E-state index is 13.1. The van der Waals surface area contributed by atoms with Gasteiger partial charge in [-0.2, -0.15) is 5.10 Å². The minimum Gasteiger partial charge on any atom is -0.457 e. The fourth-order valence-corrected chi connectivity index (χ4v) is 2.62. The van der Waals surface area contributed by atoms with Crippen LogP contribution in [0.1, 0.15) is 0 Å². The first kappa shape index (κ1) is 15.1. The molecule has 1 aromatic heterocycles. The average Bonchev–Trinajstić information content (AvgIpc) is 3.14. The molecule has 4 heteroatoms. The van der Waals surface area contributed by atoms with Gasteiger partial charge >= 0.3 is 0 Å². The molecule has 1 N–H and O–H groups in total. The maximum absolute atomic E-state index is 13.1. The van der Waals surface area contributed by atoms with E-state index >= 15 is 0 Å². The lowest BCUT2D eigenvalue weighted by molar-refractivity contribution is 0.484. The Balaban J connectivity index is 1.68. The summed E-state index contributed by atoms with van der Waals surface area (Å²) in [5.74, 6) is 1.25. The first-order valence-electron chi connectivity index (χ1n) is 7.93. The van der Waals surface area contributed by atoms with Gasteiger partial charge in [-0.05, 0) is 54.6 Å². The number of aromatic amines is 1. The van der Waals surface area contributed by atoms with Gasteiger partial charge in [0.15, 0.2) is 0 Å². The van der Waals surface area contributed by atoms with Crippen molar-refractivity contribution < 1.29 is 9.13 Å². The van der Waals surface area contributed by atoms with Crippen molar-refractivity contribution in [1.82, 2.24) is 10.2 Å². The fraction of sp³-hybridized carbons (Fsp3) is 0. The van der Waals surface area contributed by atoms with Crippen molar-refractivity contribution in [2.75, 3.05) is 0 Å². The Labute approximate surface area is 144 Å². The van der Waals surface area contributed by atoms with Crippen molar-refractivity contribution in [2.24, 2.45) is 0 Å². The predicted octanol–water partition coefficient (Wildman–Crippen LogP) is 5.68. The van der Waals surface area contributed by atoms with Crippen LogP contribution < -0.4 is 4.74 Å². The molecule has 0 unspecified atom stereocenters. The zero-order valence-electron chi connectivity index (χ0n) is 13.3. The minimum atomic E-state index is -0.263. The number of ether oxygens (including phenoxy) is 1. The Morgan fingerprint density at radius 1 is 0.800 bits per heavy atom. The largest absolute Gasteiger partial charge is 0.457 e. The van der Waals surface area contributed by atoms with E-state index in [1.807, 2.05) is 60.7 Å². The van der Waals surface area contributed by atoms with Crippen LogP contribution in [0, 0.1) is 5.82 Å². The van der Waals surface area contributed by atoms with E-state index in [9.17, 15) is 4.39 Å². The second kappa shape index (κ2) is 6.61. The van der Waals surface area contributed by atoms with E-state index in [0.717, 1.165) is 34.0 Å². The van der Waals surface area contributed by atoms with E-state index in [4.69, 9.17) is 4.74 Å². The summed E-state index contributed by atoms with van der Waals surface area (Å²) in [6.07, 6.45) is 0. The monoisotopic (exact) mass is 330 g/mol. The molecular formula is C21H15FN2O. The highest BCUT2D eigenvalue weighted by Gasteiger charge is 2.11. The van der Waals surface area contributed by atoms with Crippen LogP contribution in [-0.4, -0.2) is 10.2 Å².